The lowest BCUT2D eigenvalue weighted by molar-refractivity contribution is 0.661. The monoisotopic (exact) mass is 411 g/mol. The van der Waals surface area contributed by atoms with Crippen LogP contribution in [-0.2, 0) is 5.41 Å². The summed E-state index contributed by atoms with van der Waals surface area (Å²) in [6.45, 7) is 4.69. The first-order chi connectivity index (χ1) is 15.6. The molecule has 0 bridgehead atoms. The Morgan fingerprint density at radius 1 is 0.656 bits per heavy atom. The predicted octanol–water partition coefficient (Wildman–Crippen LogP) is 7.03. The van der Waals surface area contributed by atoms with Crippen LogP contribution in [0.15, 0.2) is 91.3 Å². The van der Waals surface area contributed by atoms with Gasteiger partial charge in [0.2, 0.25) is 5.95 Å². The SMILES string of the molecule is CC1(C)c2cc3c4ccccc4n(-c4ncccn4)c3cc2-c2c1ccc1ccccc21. The van der Waals surface area contributed by atoms with Gasteiger partial charge in [-0.15, -0.1) is 0 Å². The average Bonchev–Trinajstić information content (AvgIpc) is 3.27. The maximum atomic E-state index is 4.59. The van der Waals surface area contributed by atoms with Gasteiger partial charge in [-0.2, -0.15) is 0 Å². The van der Waals surface area contributed by atoms with Gasteiger partial charge in [-0.25, -0.2) is 9.97 Å². The van der Waals surface area contributed by atoms with Crippen molar-refractivity contribution in [1.29, 1.82) is 0 Å². The summed E-state index contributed by atoms with van der Waals surface area (Å²) in [4.78, 5) is 9.18. The first-order valence-electron chi connectivity index (χ1n) is 11.0. The summed E-state index contributed by atoms with van der Waals surface area (Å²) in [5.74, 6) is 0.703. The number of hydrogen-bond donors (Lipinski definition) is 0. The molecule has 1 aliphatic carbocycles. The molecule has 0 aliphatic heterocycles. The second-order valence-corrected chi connectivity index (χ2v) is 9.15. The van der Waals surface area contributed by atoms with Crippen LogP contribution in [0.4, 0.5) is 0 Å². The molecule has 3 nitrogen and oxygen atoms in total. The lowest BCUT2D eigenvalue weighted by Crippen LogP contribution is -2.14. The molecule has 3 heteroatoms. The molecule has 152 valence electrons. The van der Waals surface area contributed by atoms with E-state index in [0.717, 1.165) is 11.0 Å². The second-order valence-electron chi connectivity index (χ2n) is 9.15. The molecule has 0 spiro atoms. The summed E-state index contributed by atoms with van der Waals surface area (Å²) in [6, 6.07) is 28.5. The smallest absolute Gasteiger partial charge is 0.234 e. The van der Waals surface area contributed by atoms with E-state index in [2.05, 4.69) is 101 Å². The van der Waals surface area contributed by atoms with Crippen LogP contribution in [0.5, 0.6) is 0 Å². The van der Waals surface area contributed by atoms with Crippen molar-refractivity contribution in [2.75, 3.05) is 0 Å². The second kappa shape index (κ2) is 6.04. The maximum Gasteiger partial charge on any atom is 0.234 e. The van der Waals surface area contributed by atoms with Crippen molar-refractivity contribution in [3.8, 4) is 17.1 Å². The minimum Gasteiger partial charge on any atom is -0.278 e. The molecule has 4 aromatic carbocycles. The van der Waals surface area contributed by atoms with Crippen molar-refractivity contribution in [3.05, 3.63) is 102 Å². The van der Waals surface area contributed by atoms with Crippen LogP contribution >= 0.6 is 0 Å². The molecule has 0 radical (unpaired) electrons. The molecular weight excluding hydrogens is 390 g/mol. The Balaban J connectivity index is 1.67. The Kier molecular flexibility index (Phi) is 3.34. The lowest BCUT2D eigenvalue weighted by atomic mass is 9.81. The average molecular weight is 412 g/mol. The van der Waals surface area contributed by atoms with Gasteiger partial charge in [0.05, 0.1) is 11.0 Å². The van der Waals surface area contributed by atoms with E-state index in [4.69, 9.17) is 0 Å². The molecule has 32 heavy (non-hydrogen) atoms. The third kappa shape index (κ3) is 2.15. The van der Waals surface area contributed by atoms with E-state index >= 15 is 0 Å². The van der Waals surface area contributed by atoms with E-state index in [9.17, 15) is 0 Å². The number of benzene rings is 4. The van der Waals surface area contributed by atoms with Gasteiger partial charge in [-0.3, -0.25) is 4.57 Å². The zero-order valence-corrected chi connectivity index (χ0v) is 18.0. The lowest BCUT2D eigenvalue weighted by Gasteiger charge is -2.21. The highest BCUT2D eigenvalue weighted by Gasteiger charge is 2.37. The summed E-state index contributed by atoms with van der Waals surface area (Å²) in [5.41, 5.74) is 7.67. The third-order valence-electron chi connectivity index (χ3n) is 7.11. The van der Waals surface area contributed by atoms with Crippen molar-refractivity contribution in [2.45, 2.75) is 19.3 Å². The Bertz CT molecular complexity index is 1690. The molecular formula is C29H21N3. The molecule has 1 aliphatic rings. The van der Waals surface area contributed by atoms with Gasteiger partial charge in [-0.1, -0.05) is 68.4 Å². The molecule has 0 atom stereocenters. The summed E-state index contributed by atoms with van der Waals surface area (Å²) >= 11 is 0. The molecule has 7 rings (SSSR count). The van der Waals surface area contributed by atoms with Gasteiger partial charge in [0, 0.05) is 28.6 Å². The quantitative estimate of drug-likeness (QED) is 0.291. The Morgan fingerprint density at radius 3 is 2.25 bits per heavy atom. The number of aromatic nitrogens is 3. The summed E-state index contributed by atoms with van der Waals surface area (Å²) in [7, 11) is 0. The number of hydrogen-bond acceptors (Lipinski definition) is 2. The van der Waals surface area contributed by atoms with Crippen molar-refractivity contribution in [2.24, 2.45) is 0 Å². The van der Waals surface area contributed by atoms with Crippen LogP contribution in [0.2, 0.25) is 0 Å². The van der Waals surface area contributed by atoms with Crippen LogP contribution in [-0.4, -0.2) is 14.5 Å². The summed E-state index contributed by atoms with van der Waals surface area (Å²) in [5, 5.41) is 5.07. The molecule has 0 amide bonds. The van der Waals surface area contributed by atoms with E-state index in [-0.39, 0.29) is 5.41 Å². The predicted molar refractivity (Wildman–Crippen MR) is 131 cm³/mol. The van der Waals surface area contributed by atoms with Crippen LogP contribution in [0.1, 0.15) is 25.0 Å². The molecule has 0 N–H and O–H groups in total. The standard InChI is InChI=1S/C29H21N3/c1-29(2)23-13-12-18-8-3-4-9-19(18)27(23)22-17-26-21(16-24(22)29)20-10-5-6-11-25(20)32(26)28-30-14-7-15-31-28/h3-17H,1-2H3. The van der Waals surface area contributed by atoms with Gasteiger partial charge in [-0.05, 0) is 57.3 Å². The minimum atomic E-state index is -0.0602. The maximum absolute atomic E-state index is 4.59. The number of fused-ring (bicyclic) bond motifs is 8. The highest BCUT2D eigenvalue weighted by molar-refractivity contribution is 6.13. The zero-order valence-electron chi connectivity index (χ0n) is 18.0. The highest BCUT2D eigenvalue weighted by atomic mass is 15.1. The third-order valence-corrected chi connectivity index (χ3v) is 7.11. The fraction of sp³-hybridized carbons (Fsp3) is 0.103. The van der Waals surface area contributed by atoms with Gasteiger partial charge in [0.15, 0.2) is 0 Å². The number of nitrogens with zero attached hydrogens (tertiary/aromatic N) is 3. The molecule has 0 saturated carbocycles. The molecule has 2 heterocycles. The molecule has 0 saturated heterocycles. The van der Waals surface area contributed by atoms with Gasteiger partial charge < -0.3 is 0 Å². The first kappa shape index (κ1) is 17.7. The molecule has 6 aromatic rings. The van der Waals surface area contributed by atoms with Gasteiger partial charge in [0.25, 0.3) is 0 Å². The Morgan fingerprint density at radius 2 is 1.41 bits per heavy atom. The van der Waals surface area contributed by atoms with Crippen LogP contribution in [0.25, 0.3) is 49.7 Å². The highest BCUT2D eigenvalue weighted by Crippen LogP contribution is 2.53. The van der Waals surface area contributed by atoms with Gasteiger partial charge in [0.1, 0.15) is 0 Å². The van der Waals surface area contributed by atoms with Crippen molar-refractivity contribution >= 4 is 32.6 Å². The number of para-hydroxylation sites is 1. The fourth-order valence-corrected chi connectivity index (χ4v) is 5.59. The Labute approximate surface area is 186 Å². The van der Waals surface area contributed by atoms with Crippen LogP contribution in [0.3, 0.4) is 0 Å². The van der Waals surface area contributed by atoms with E-state index in [1.54, 1.807) is 0 Å². The summed E-state index contributed by atoms with van der Waals surface area (Å²) < 4.78 is 2.20. The molecule has 0 fully saturated rings. The van der Waals surface area contributed by atoms with E-state index < -0.39 is 0 Å². The topological polar surface area (TPSA) is 30.7 Å². The Hall–Kier alpha value is -3.98. The van der Waals surface area contributed by atoms with Crippen molar-refractivity contribution < 1.29 is 0 Å². The zero-order chi connectivity index (χ0) is 21.4. The van der Waals surface area contributed by atoms with Crippen molar-refractivity contribution in [3.63, 3.8) is 0 Å². The van der Waals surface area contributed by atoms with Crippen molar-refractivity contribution in [1.82, 2.24) is 14.5 Å². The van der Waals surface area contributed by atoms with Gasteiger partial charge >= 0.3 is 0 Å². The largest absolute Gasteiger partial charge is 0.278 e. The molecule has 2 aromatic heterocycles. The van der Waals surface area contributed by atoms with E-state index in [1.807, 2.05) is 18.5 Å². The van der Waals surface area contributed by atoms with E-state index in [1.165, 1.54) is 43.8 Å². The van der Waals surface area contributed by atoms with Crippen LogP contribution in [0, 0.1) is 0 Å². The fourth-order valence-electron chi connectivity index (χ4n) is 5.59. The van der Waals surface area contributed by atoms with E-state index in [0.29, 0.717) is 5.95 Å². The first-order valence-corrected chi connectivity index (χ1v) is 11.0. The molecule has 0 unspecified atom stereocenters. The number of rotatable bonds is 1. The van der Waals surface area contributed by atoms with Crippen LogP contribution < -0.4 is 0 Å². The minimum absolute atomic E-state index is 0.0602. The normalized spacial score (nSPS) is 14.2. The summed E-state index contributed by atoms with van der Waals surface area (Å²) in [6.07, 6.45) is 3.62.